The quantitative estimate of drug-likeness (QED) is 0.162. The summed E-state index contributed by atoms with van der Waals surface area (Å²) in [4.78, 5) is 26.3. The standard InChI is InChI=1S/C26H14N4O4S3/c27-15-17-1-11-25(23(13-17)29(31)32)36-21-7-3-19(4-8-21)35-20-5-9-22(10-6-20)37-26-12-2-18(16-28)14-24(26)30(33)34/h1-14H. The van der Waals surface area contributed by atoms with Gasteiger partial charge in [0.1, 0.15) is 0 Å². The lowest BCUT2D eigenvalue weighted by Gasteiger charge is -2.07. The van der Waals surface area contributed by atoms with Crippen LogP contribution in [0.15, 0.2) is 114 Å². The summed E-state index contributed by atoms with van der Waals surface area (Å²) in [5, 5.41) is 40.7. The maximum atomic E-state index is 11.4. The number of benzene rings is 4. The predicted molar refractivity (Wildman–Crippen MR) is 141 cm³/mol. The molecule has 0 fully saturated rings. The van der Waals surface area contributed by atoms with E-state index >= 15 is 0 Å². The largest absolute Gasteiger partial charge is 0.284 e. The van der Waals surface area contributed by atoms with Crippen LogP contribution in [0.4, 0.5) is 11.4 Å². The highest BCUT2D eigenvalue weighted by Crippen LogP contribution is 2.39. The highest BCUT2D eigenvalue weighted by molar-refractivity contribution is 8.00. The maximum Gasteiger partial charge on any atom is 0.284 e. The van der Waals surface area contributed by atoms with Gasteiger partial charge in [-0.3, -0.25) is 20.2 Å². The van der Waals surface area contributed by atoms with Crippen molar-refractivity contribution in [3.05, 3.63) is 116 Å². The summed E-state index contributed by atoms with van der Waals surface area (Å²) in [6.07, 6.45) is 0. The normalized spacial score (nSPS) is 10.3. The Balaban J connectivity index is 1.43. The zero-order valence-corrected chi connectivity index (χ0v) is 21.2. The number of nitrogens with zero attached hydrogens (tertiary/aromatic N) is 4. The van der Waals surface area contributed by atoms with E-state index in [0.29, 0.717) is 9.79 Å². The van der Waals surface area contributed by atoms with Crippen molar-refractivity contribution in [1.29, 1.82) is 10.5 Å². The van der Waals surface area contributed by atoms with Gasteiger partial charge in [-0.25, -0.2) is 0 Å². The maximum absolute atomic E-state index is 11.4. The van der Waals surface area contributed by atoms with Crippen molar-refractivity contribution in [2.45, 2.75) is 29.4 Å². The van der Waals surface area contributed by atoms with Crippen LogP contribution in [0, 0.1) is 42.9 Å². The Morgan fingerprint density at radius 3 is 1.16 bits per heavy atom. The van der Waals surface area contributed by atoms with Gasteiger partial charge < -0.3 is 0 Å². The van der Waals surface area contributed by atoms with Crippen molar-refractivity contribution in [2.75, 3.05) is 0 Å². The Kier molecular flexibility index (Phi) is 8.11. The molecule has 0 aromatic heterocycles. The molecule has 0 atom stereocenters. The Morgan fingerprint density at radius 2 is 0.865 bits per heavy atom. The van der Waals surface area contributed by atoms with Crippen LogP contribution < -0.4 is 0 Å². The van der Waals surface area contributed by atoms with Gasteiger partial charge in [-0.2, -0.15) is 10.5 Å². The smallest absolute Gasteiger partial charge is 0.258 e. The summed E-state index contributed by atoms with van der Waals surface area (Å²) in [7, 11) is 0. The third-order valence-electron chi connectivity index (χ3n) is 4.91. The number of rotatable bonds is 8. The third-order valence-corrected chi connectivity index (χ3v) is 8.07. The van der Waals surface area contributed by atoms with Crippen LogP contribution in [-0.4, -0.2) is 9.85 Å². The monoisotopic (exact) mass is 542 g/mol. The summed E-state index contributed by atoms with van der Waals surface area (Å²) in [5.41, 5.74) is 0.267. The van der Waals surface area contributed by atoms with E-state index in [1.165, 1.54) is 47.4 Å². The molecule has 180 valence electrons. The molecule has 0 amide bonds. The lowest BCUT2D eigenvalue weighted by atomic mass is 10.2. The minimum atomic E-state index is -0.491. The molecule has 0 spiro atoms. The van der Waals surface area contributed by atoms with E-state index in [4.69, 9.17) is 10.5 Å². The van der Waals surface area contributed by atoms with Gasteiger partial charge in [-0.15, -0.1) is 0 Å². The summed E-state index contributed by atoms with van der Waals surface area (Å²) < 4.78 is 0. The summed E-state index contributed by atoms with van der Waals surface area (Å²) in [6.45, 7) is 0. The molecule has 0 bridgehead atoms. The van der Waals surface area contributed by atoms with Gasteiger partial charge >= 0.3 is 0 Å². The van der Waals surface area contributed by atoms with Crippen molar-refractivity contribution in [2.24, 2.45) is 0 Å². The average Bonchev–Trinajstić information content (AvgIpc) is 2.91. The van der Waals surface area contributed by atoms with Crippen LogP contribution in [-0.2, 0) is 0 Å². The fourth-order valence-electron chi connectivity index (χ4n) is 3.17. The minimum Gasteiger partial charge on any atom is -0.258 e. The second kappa shape index (κ2) is 11.6. The molecular weight excluding hydrogens is 529 g/mol. The Labute approximate surface area is 224 Å². The lowest BCUT2D eigenvalue weighted by molar-refractivity contribution is -0.387. The van der Waals surface area contributed by atoms with Crippen molar-refractivity contribution < 1.29 is 9.85 Å². The van der Waals surface area contributed by atoms with Crippen molar-refractivity contribution in [3.8, 4) is 12.1 Å². The average molecular weight is 543 g/mol. The molecule has 4 aromatic rings. The molecule has 0 aliphatic heterocycles. The molecule has 37 heavy (non-hydrogen) atoms. The van der Waals surface area contributed by atoms with Gasteiger partial charge in [-0.05, 0) is 72.8 Å². The molecular formula is C26H14N4O4S3. The highest BCUT2D eigenvalue weighted by atomic mass is 32.2. The van der Waals surface area contributed by atoms with Gasteiger partial charge in [-0.1, -0.05) is 35.3 Å². The molecule has 0 saturated heterocycles. The minimum absolute atomic E-state index is 0.105. The second-order valence-electron chi connectivity index (χ2n) is 7.35. The zero-order valence-electron chi connectivity index (χ0n) is 18.7. The molecule has 0 N–H and O–H groups in total. The Morgan fingerprint density at radius 1 is 0.541 bits per heavy atom. The molecule has 0 radical (unpaired) electrons. The topological polar surface area (TPSA) is 134 Å². The Hall–Kier alpha value is -4.29. The van der Waals surface area contributed by atoms with Crippen molar-refractivity contribution in [1.82, 2.24) is 0 Å². The van der Waals surface area contributed by atoms with Crippen LogP contribution in [0.25, 0.3) is 0 Å². The van der Waals surface area contributed by atoms with Crippen LogP contribution in [0.1, 0.15) is 11.1 Å². The van der Waals surface area contributed by atoms with Gasteiger partial charge in [0.15, 0.2) is 0 Å². The van der Waals surface area contributed by atoms with Crippen LogP contribution >= 0.6 is 35.3 Å². The molecule has 0 unspecified atom stereocenters. The van der Waals surface area contributed by atoms with E-state index in [1.54, 1.807) is 24.3 Å². The molecule has 0 aliphatic rings. The zero-order chi connectivity index (χ0) is 26.4. The molecule has 0 aliphatic carbocycles. The lowest BCUT2D eigenvalue weighted by Crippen LogP contribution is -1.92. The van der Waals surface area contributed by atoms with Crippen LogP contribution in [0.5, 0.6) is 0 Å². The molecule has 0 saturated carbocycles. The molecule has 4 rings (SSSR count). The van der Waals surface area contributed by atoms with Crippen molar-refractivity contribution >= 4 is 46.7 Å². The molecule has 0 heterocycles. The SMILES string of the molecule is N#Cc1ccc(Sc2ccc(Sc3ccc(Sc4ccc(C#N)cc4[N+](=O)[O-])cc3)cc2)c([N+](=O)[O-])c1. The predicted octanol–water partition coefficient (Wildman–Crippen LogP) is 7.70. The Bertz CT molecular complexity index is 1460. The second-order valence-corrected chi connectivity index (χ2v) is 10.7. The number of nitro benzene ring substituents is 2. The molecule has 11 heteroatoms. The van der Waals surface area contributed by atoms with Gasteiger partial charge in [0.05, 0.1) is 42.9 Å². The fourth-order valence-corrected chi connectivity index (χ4v) is 5.79. The van der Waals surface area contributed by atoms with Crippen LogP contribution in [0.3, 0.4) is 0 Å². The van der Waals surface area contributed by atoms with E-state index < -0.39 is 9.85 Å². The molecule has 4 aromatic carbocycles. The summed E-state index contributed by atoms with van der Waals surface area (Å²) in [5.74, 6) is 0. The third kappa shape index (κ3) is 6.48. The van der Waals surface area contributed by atoms with Crippen LogP contribution in [0.2, 0.25) is 0 Å². The number of hydrogen-bond donors (Lipinski definition) is 0. The van der Waals surface area contributed by atoms with E-state index in [0.717, 1.165) is 19.6 Å². The van der Waals surface area contributed by atoms with Gasteiger partial charge in [0, 0.05) is 31.7 Å². The van der Waals surface area contributed by atoms with E-state index in [-0.39, 0.29) is 22.5 Å². The highest BCUT2D eigenvalue weighted by Gasteiger charge is 2.17. The van der Waals surface area contributed by atoms with Gasteiger partial charge in [0.25, 0.3) is 11.4 Å². The van der Waals surface area contributed by atoms with Crippen molar-refractivity contribution in [3.63, 3.8) is 0 Å². The number of nitro groups is 2. The van der Waals surface area contributed by atoms with E-state index in [2.05, 4.69) is 0 Å². The fraction of sp³-hybridized carbons (Fsp3) is 0. The first-order valence-electron chi connectivity index (χ1n) is 10.5. The molecule has 8 nitrogen and oxygen atoms in total. The van der Waals surface area contributed by atoms with Gasteiger partial charge in [0.2, 0.25) is 0 Å². The summed E-state index contributed by atoms with van der Waals surface area (Å²) >= 11 is 4.05. The number of hydrogen-bond acceptors (Lipinski definition) is 9. The first kappa shape index (κ1) is 25.8. The summed E-state index contributed by atoms with van der Waals surface area (Å²) in [6, 6.07) is 27.8. The van der Waals surface area contributed by atoms with E-state index in [9.17, 15) is 20.2 Å². The number of nitriles is 2. The first-order valence-corrected chi connectivity index (χ1v) is 12.9. The first-order chi connectivity index (χ1) is 17.9. The van der Waals surface area contributed by atoms with E-state index in [1.807, 2.05) is 60.7 Å².